The van der Waals surface area contributed by atoms with Gasteiger partial charge in [0.15, 0.2) is 0 Å². The van der Waals surface area contributed by atoms with Crippen molar-refractivity contribution in [1.82, 2.24) is 4.90 Å². The summed E-state index contributed by atoms with van der Waals surface area (Å²) in [7, 11) is 0. The molecule has 1 amide bonds. The van der Waals surface area contributed by atoms with Crippen molar-refractivity contribution in [3.05, 3.63) is 72.0 Å². The van der Waals surface area contributed by atoms with Gasteiger partial charge in [0.2, 0.25) is 0 Å². The highest BCUT2D eigenvalue weighted by Crippen LogP contribution is 2.37. The molecule has 0 saturated carbocycles. The van der Waals surface area contributed by atoms with Crippen LogP contribution in [0.2, 0.25) is 0 Å². The van der Waals surface area contributed by atoms with Crippen LogP contribution in [-0.2, 0) is 11.3 Å². The maximum Gasteiger partial charge on any atom is 0.411 e. The van der Waals surface area contributed by atoms with Crippen LogP contribution in [0.15, 0.2) is 65.1 Å². The Morgan fingerprint density at radius 1 is 1.04 bits per heavy atom. The van der Waals surface area contributed by atoms with Gasteiger partial charge < -0.3 is 9.15 Å². The minimum atomic E-state index is -0.299. The first-order chi connectivity index (χ1) is 11.2. The average Bonchev–Trinajstić information content (AvgIpc) is 3.09. The van der Waals surface area contributed by atoms with Gasteiger partial charge in [-0.25, -0.2) is 4.79 Å². The number of hydrogen-bond acceptors (Lipinski definition) is 3. The van der Waals surface area contributed by atoms with Crippen molar-refractivity contribution >= 4 is 17.1 Å². The monoisotopic (exact) mass is 307 g/mol. The predicted octanol–water partition coefficient (Wildman–Crippen LogP) is 4.51. The molecular weight excluding hydrogens is 290 g/mol. The molecule has 3 aromatic rings. The molecule has 2 heterocycles. The van der Waals surface area contributed by atoms with Crippen LogP contribution in [0.4, 0.5) is 4.79 Å². The molecule has 0 spiro atoms. The molecule has 0 bridgehead atoms. The fourth-order valence-corrected chi connectivity index (χ4v) is 3.13. The molecule has 23 heavy (non-hydrogen) atoms. The highest BCUT2D eigenvalue weighted by molar-refractivity contribution is 5.78. The minimum absolute atomic E-state index is 0.213. The van der Waals surface area contributed by atoms with Gasteiger partial charge in [0.25, 0.3) is 0 Å². The highest BCUT2D eigenvalue weighted by Gasteiger charge is 2.42. The largest absolute Gasteiger partial charge is 0.459 e. The number of para-hydroxylation sites is 1. The molecular formula is C19H17NO3. The Bertz CT molecular complexity index is 807. The lowest BCUT2D eigenvalue weighted by molar-refractivity contribution is 0.136. The van der Waals surface area contributed by atoms with E-state index in [0.717, 1.165) is 22.3 Å². The molecule has 0 N–H and O–H groups in total. The van der Waals surface area contributed by atoms with Crippen LogP contribution in [0.25, 0.3) is 11.0 Å². The van der Waals surface area contributed by atoms with Gasteiger partial charge >= 0.3 is 6.09 Å². The van der Waals surface area contributed by atoms with E-state index in [1.807, 2.05) is 67.6 Å². The van der Waals surface area contributed by atoms with Crippen molar-refractivity contribution in [3.8, 4) is 0 Å². The van der Waals surface area contributed by atoms with Crippen LogP contribution in [0.1, 0.15) is 24.3 Å². The van der Waals surface area contributed by atoms with Crippen molar-refractivity contribution in [1.29, 1.82) is 0 Å². The van der Waals surface area contributed by atoms with Crippen LogP contribution in [0.3, 0.4) is 0 Å². The lowest BCUT2D eigenvalue weighted by Gasteiger charge is -2.21. The summed E-state index contributed by atoms with van der Waals surface area (Å²) in [6.45, 7) is 2.41. The summed E-state index contributed by atoms with van der Waals surface area (Å²) < 4.78 is 11.4. The lowest BCUT2D eigenvalue weighted by Crippen LogP contribution is -2.28. The van der Waals surface area contributed by atoms with Crippen LogP contribution < -0.4 is 0 Å². The molecule has 1 saturated heterocycles. The number of carbonyl (C=O) groups is 1. The van der Waals surface area contributed by atoms with Crippen molar-refractivity contribution in [2.45, 2.75) is 25.6 Å². The Morgan fingerprint density at radius 2 is 1.78 bits per heavy atom. The molecule has 4 rings (SSSR count). The van der Waals surface area contributed by atoms with Crippen LogP contribution >= 0.6 is 0 Å². The second-order valence-electron chi connectivity index (χ2n) is 5.83. The Balaban J connectivity index is 1.70. The summed E-state index contributed by atoms with van der Waals surface area (Å²) in [6.07, 6.45) is -0.543. The van der Waals surface area contributed by atoms with E-state index in [1.54, 1.807) is 4.90 Å². The van der Waals surface area contributed by atoms with E-state index in [-0.39, 0.29) is 18.2 Å². The van der Waals surface area contributed by atoms with Crippen molar-refractivity contribution < 1.29 is 13.9 Å². The molecule has 2 unspecified atom stereocenters. The summed E-state index contributed by atoms with van der Waals surface area (Å²) in [5.74, 6) is 0.764. The lowest BCUT2D eigenvalue weighted by atomic mass is 10.1. The van der Waals surface area contributed by atoms with Gasteiger partial charge in [-0.2, -0.15) is 0 Å². The first-order valence-corrected chi connectivity index (χ1v) is 7.72. The van der Waals surface area contributed by atoms with Gasteiger partial charge in [-0.05, 0) is 24.6 Å². The number of furan rings is 1. The van der Waals surface area contributed by atoms with Gasteiger partial charge in [0.1, 0.15) is 23.5 Å². The molecule has 1 aliphatic heterocycles. The summed E-state index contributed by atoms with van der Waals surface area (Å²) >= 11 is 0. The standard InChI is InChI=1S/C19H17NO3/c1-13-18(17-11-15-9-5-6-10-16(15)23-17)20(19(21)22-13)12-14-7-3-2-4-8-14/h2-11,13,18H,12H2,1H3. The second kappa shape index (κ2) is 5.47. The zero-order valence-electron chi connectivity index (χ0n) is 12.8. The quantitative estimate of drug-likeness (QED) is 0.714. The molecule has 2 aromatic carbocycles. The number of benzene rings is 2. The number of fused-ring (bicyclic) bond motifs is 1. The van der Waals surface area contributed by atoms with Crippen molar-refractivity contribution in [2.24, 2.45) is 0 Å². The summed E-state index contributed by atoms with van der Waals surface area (Å²) in [5.41, 5.74) is 1.90. The molecule has 1 fully saturated rings. The molecule has 2 atom stereocenters. The Morgan fingerprint density at radius 3 is 2.57 bits per heavy atom. The van der Waals surface area contributed by atoms with Crippen molar-refractivity contribution in [2.75, 3.05) is 0 Å². The van der Waals surface area contributed by atoms with Gasteiger partial charge in [0, 0.05) is 11.9 Å². The molecule has 1 aliphatic rings. The first-order valence-electron chi connectivity index (χ1n) is 7.72. The molecule has 1 aromatic heterocycles. The van der Waals surface area contributed by atoms with Gasteiger partial charge in [-0.3, -0.25) is 4.90 Å². The smallest absolute Gasteiger partial charge is 0.411 e. The molecule has 116 valence electrons. The maximum absolute atomic E-state index is 12.3. The third kappa shape index (κ3) is 2.46. The van der Waals surface area contributed by atoms with E-state index in [9.17, 15) is 4.79 Å². The van der Waals surface area contributed by atoms with Gasteiger partial charge in [0.05, 0.1) is 0 Å². The SMILES string of the molecule is CC1OC(=O)N(Cc2ccccc2)C1c1cc2ccccc2o1. The molecule has 0 aliphatic carbocycles. The normalized spacial score (nSPS) is 20.9. The Kier molecular flexibility index (Phi) is 3.30. The number of nitrogens with zero attached hydrogens (tertiary/aromatic N) is 1. The number of rotatable bonds is 3. The maximum atomic E-state index is 12.3. The number of carbonyl (C=O) groups excluding carboxylic acids is 1. The molecule has 0 radical (unpaired) electrons. The Hall–Kier alpha value is -2.75. The molecule has 4 nitrogen and oxygen atoms in total. The summed E-state index contributed by atoms with van der Waals surface area (Å²) in [5, 5.41) is 1.04. The van der Waals surface area contributed by atoms with Crippen LogP contribution in [0, 0.1) is 0 Å². The summed E-state index contributed by atoms with van der Waals surface area (Å²) in [4.78, 5) is 14.0. The van der Waals surface area contributed by atoms with Crippen molar-refractivity contribution in [3.63, 3.8) is 0 Å². The zero-order valence-corrected chi connectivity index (χ0v) is 12.8. The van der Waals surface area contributed by atoms with Crippen LogP contribution in [0.5, 0.6) is 0 Å². The van der Waals surface area contributed by atoms with Gasteiger partial charge in [-0.15, -0.1) is 0 Å². The number of ether oxygens (including phenoxy) is 1. The van der Waals surface area contributed by atoms with E-state index >= 15 is 0 Å². The topological polar surface area (TPSA) is 42.7 Å². The fraction of sp³-hybridized carbons (Fsp3) is 0.211. The minimum Gasteiger partial charge on any atom is -0.459 e. The van der Waals surface area contributed by atoms with E-state index < -0.39 is 0 Å². The van der Waals surface area contributed by atoms with E-state index in [1.165, 1.54) is 0 Å². The highest BCUT2D eigenvalue weighted by atomic mass is 16.6. The third-order valence-corrected chi connectivity index (χ3v) is 4.23. The van der Waals surface area contributed by atoms with Gasteiger partial charge in [-0.1, -0.05) is 48.5 Å². The predicted molar refractivity (Wildman–Crippen MR) is 86.9 cm³/mol. The average molecular weight is 307 g/mol. The third-order valence-electron chi connectivity index (χ3n) is 4.23. The van der Waals surface area contributed by atoms with E-state index in [2.05, 4.69) is 0 Å². The zero-order chi connectivity index (χ0) is 15.8. The fourth-order valence-electron chi connectivity index (χ4n) is 3.13. The molecule has 4 heteroatoms. The number of amides is 1. The summed E-state index contributed by atoms with van der Waals surface area (Å²) in [6, 6.07) is 19.6. The van der Waals surface area contributed by atoms with E-state index in [4.69, 9.17) is 9.15 Å². The Labute approximate surface area is 134 Å². The number of cyclic esters (lactones) is 1. The first kappa shape index (κ1) is 13.9. The van der Waals surface area contributed by atoms with E-state index in [0.29, 0.717) is 6.54 Å². The number of hydrogen-bond donors (Lipinski definition) is 0. The second-order valence-corrected chi connectivity index (χ2v) is 5.83. The van der Waals surface area contributed by atoms with Crippen LogP contribution in [-0.4, -0.2) is 17.1 Å².